The minimum atomic E-state index is -0.741. The smallest absolute Gasteiger partial charge is 0.303 e. The molecule has 106 valence electrons. The SMILES string of the molecule is CCC(CC)c1ccc(OC)c(CCCC(=O)O)c1. The number of carboxylic acids is 1. The molecule has 3 heteroatoms. The van der Waals surface area contributed by atoms with Crippen molar-refractivity contribution in [2.45, 2.75) is 51.9 Å². The fourth-order valence-electron chi connectivity index (χ4n) is 2.44. The van der Waals surface area contributed by atoms with Gasteiger partial charge in [-0.15, -0.1) is 0 Å². The number of hydrogen-bond donors (Lipinski definition) is 1. The summed E-state index contributed by atoms with van der Waals surface area (Å²) in [6.07, 6.45) is 3.86. The molecule has 0 fully saturated rings. The maximum absolute atomic E-state index is 10.6. The van der Waals surface area contributed by atoms with Gasteiger partial charge in [-0.2, -0.15) is 0 Å². The molecule has 3 nitrogen and oxygen atoms in total. The van der Waals surface area contributed by atoms with Crippen LogP contribution in [-0.2, 0) is 11.2 Å². The summed E-state index contributed by atoms with van der Waals surface area (Å²) in [4.78, 5) is 10.6. The third-order valence-electron chi connectivity index (χ3n) is 3.60. The zero-order valence-electron chi connectivity index (χ0n) is 12.1. The van der Waals surface area contributed by atoms with E-state index in [4.69, 9.17) is 9.84 Å². The molecule has 0 unspecified atom stereocenters. The van der Waals surface area contributed by atoms with Crippen molar-refractivity contribution < 1.29 is 14.6 Å². The quantitative estimate of drug-likeness (QED) is 0.771. The van der Waals surface area contributed by atoms with Crippen molar-refractivity contribution in [2.75, 3.05) is 7.11 Å². The van der Waals surface area contributed by atoms with E-state index in [1.165, 1.54) is 5.56 Å². The fraction of sp³-hybridized carbons (Fsp3) is 0.562. The first-order valence-corrected chi connectivity index (χ1v) is 7.00. The number of rotatable bonds is 8. The Bertz CT molecular complexity index is 408. The van der Waals surface area contributed by atoms with Crippen LogP contribution in [0.4, 0.5) is 0 Å². The predicted molar refractivity (Wildman–Crippen MR) is 76.9 cm³/mol. The number of carboxylic acid groups (broad SMARTS) is 1. The molecule has 0 aliphatic rings. The van der Waals surface area contributed by atoms with Crippen molar-refractivity contribution in [1.29, 1.82) is 0 Å². The Balaban J connectivity index is 2.86. The first-order valence-electron chi connectivity index (χ1n) is 7.00. The monoisotopic (exact) mass is 264 g/mol. The average molecular weight is 264 g/mol. The number of carbonyl (C=O) groups is 1. The Labute approximate surface area is 115 Å². The van der Waals surface area contributed by atoms with E-state index >= 15 is 0 Å². The molecule has 19 heavy (non-hydrogen) atoms. The van der Waals surface area contributed by atoms with Gasteiger partial charge in [0, 0.05) is 6.42 Å². The molecule has 0 aromatic heterocycles. The standard InChI is InChI=1S/C16H24O3/c1-4-12(5-2)13-9-10-15(19-3)14(11-13)7-6-8-16(17)18/h9-12H,4-8H2,1-3H3,(H,17,18). The second-order valence-corrected chi connectivity index (χ2v) is 4.83. The van der Waals surface area contributed by atoms with Crippen molar-refractivity contribution in [2.24, 2.45) is 0 Å². The lowest BCUT2D eigenvalue weighted by atomic mass is 9.91. The maximum Gasteiger partial charge on any atom is 0.303 e. The van der Waals surface area contributed by atoms with E-state index < -0.39 is 5.97 Å². The molecular formula is C16H24O3. The zero-order valence-corrected chi connectivity index (χ0v) is 12.1. The van der Waals surface area contributed by atoms with Gasteiger partial charge in [-0.1, -0.05) is 26.0 Å². The lowest BCUT2D eigenvalue weighted by molar-refractivity contribution is -0.137. The van der Waals surface area contributed by atoms with Crippen LogP contribution in [0, 0.1) is 0 Å². The number of hydrogen-bond acceptors (Lipinski definition) is 2. The Hall–Kier alpha value is -1.51. The van der Waals surface area contributed by atoms with Crippen molar-refractivity contribution in [3.8, 4) is 5.75 Å². The molecule has 0 atom stereocenters. The summed E-state index contributed by atoms with van der Waals surface area (Å²) in [6, 6.07) is 6.30. The summed E-state index contributed by atoms with van der Waals surface area (Å²) in [5, 5.41) is 8.71. The van der Waals surface area contributed by atoms with Gasteiger partial charge in [0.15, 0.2) is 0 Å². The van der Waals surface area contributed by atoms with Crippen LogP contribution in [-0.4, -0.2) is 18.2 Å². The lowest BCUT2D eigenvalue weighted by Gasteiger charge is -2.16. The van der Waals surface area contributed by atoms with E-state index in [-0.39, 0.29) is 6.42 Å². The first-order chi connectivity index (χ1) is 9.12. The van der Waals surface area contributed by atoms with Gasteiger partial charge in [-0.3, -0.25) is 4.79 Å². The Kier molecular flexibility index (Phi) is 6.40. The third-order valence-corrected chi connectivity index (χ3v) is 3.60. The van der Waals surface area contributed by atoms with Gasteiger partial charge < -0.3 is 9.84 Å². The highest BCUT2D eigenvalue weighted by molar-refractivity contribution is 5.66. The molecule has 0 radical (unpaired) electrons. The molecule has 1 aromatic carbocycles. The molecule has 1 aromatic rings. The molecule has 0 aliphatic carbocycles. The van der Waals surface area contributed by atoms with Crippen LogP contribution < -0.4 is 4.74 Å². The van der Waals surface area contributed by atoms with Gasteiger partial charge in [0.05, 0.1) is 7.11 Å². The minimum Gasteiger partial charge on any atom is -0.496 e. The zero-order chi connectivity index (χ0) is 14.3. The summed E-state index contributed by atoms with van der Waals surface area (Å²) in [5.74, 6) is 0.694. The number of ether oxygens (including phenoxy) is 1. The van der Waals surface area contributed by atoms with E-state index in [1.54, 1.807) is 7.11 Å². The van der Waals surface area contributed by atoms with Crippen molar-refractivity contribution in [3.05, 3.63) is 29.3 Å². The topological polar surface area (TPSA) is 46.5 Å². The third kappa shape index (κ3) is 4.58. The van der Waals surface area contributed by atoms with Crippen LogP contribution in [0.1, 0.15) is 56.6 Å². The minimum absolute atomic E-state index is 0.207. The fourth-order valence-corrected chi connectivity index (χ4v) is 2.44. The summed E-state index contributed by atoms with van der Waals surface area (Å²) in [5.41, 5.74) is 2.45. The lowest BCUT2D eigenvalue weighted by Crippen LogP contribution is -2.01. The molecule has 0 spiro atoms. The van der Waals surface area contributed by atoms with E-state index in [0.717, 1.165) is 30.6 Å². The van der Waals surface area contributed by atoms with E-state index in [9.17, 15) is 4.79 Å². The summed E-state index contributed by atoms with van der Waals surface area (Å²) in [7, 11) is 1.66. The molecular weight excluding hydrogens is 240 g/mol. The van der Waals surface area contributed by atoms with Crippen molar-refractivity contribution in [3.63, 3.8) is 0 Å². The number of aryl methyl sites for hydroxylation is 1. The maximum atomic E-state index is 10.6. The normalized spacial score (nSPS) is 10.7. The molecule has 0 bridgehead atoms. The number of aliphatic carboxylic acids is 1. The average Bonchev–Trinajstić information content (AvgIpc) is 2.40. The van der Waals surface area contributed by atoms with Crippen molar-refractivity contribution in [1.82, 2.24) is 0 Å². The number of methoxy groups -OCH3 is 1. The van der Waals surface area contributed by atoms with Crippen LogP contribution in [0.3, 0.4) is 0 Å². The highest BCUT2D eigenvalue weighted by Gasteiger charge is 2.11. The van der Waals surface area contributed by atoms with Gasteiger partial charge in [-0.05, 0) is 48.8 Å². The highest BCUT2D eigenvalue weighted by Crippen LogP contribution is 2.29. The molecule has 0 aliphatic heterocycles. The van der Waals surface area contributed by atoms with Crippen LogP contribution in [0.15, 0.2) is 18.2 Å². The summed E-state index contributed by atoms with van der Waals surface area (Å²) < 4.78 is 5.36. The van der Waals surface area contributed by atoms with Crippen LogP contribution in [0.5, 0.6) is 5.75 Å². The Morgan fingerprint density at radius 1 is 1.32 bits per heavy atom. The van der Waals surface area contributed by atoms with Crippen LogP contribution in [0.2, 0.25) is 0 Å². The van der Waals surface area contributed by atoms with E-state index in [0.29, 0.717) is 12.3 Å². The van der Waals surface area contributed by atoms with E-state index in [2.05, 4.69) is 26.0 Å². The second-order valence-electron chi connectivity index (χ2n) is 4.83. The van der Waals surface area contributed by atoms with Crippen molar-refractivity contribution >= 4 is 5.97 Å². The largest absolute Gasteiger partial charge is 0.496 e. The molecule has 0 amide bonds. The summed E-state index contributed by atoms with van der Waals surface area (Å²) >= 11 is 0. The highest BCUT2D eigenvalue weighted by atomic mass is 16.5. The first kappa shape index (κ1) is 15.5. The van der Waals surface area contributed by atoms with E-state index in [1.807, 2.05) is 6.07 Å². The second kappa shape index (κ2) is 7.82. The molecule has 1 rings (SSSR count). The molecule has 1 N–H and O–H groups in total. The van der Waals surface area contributed by atoms with Gasteiger partial charge in [0.25, 0.3) is 0 Å². The van der Waals surface area contributed by atoms with Gasteiger partial charge >= 0.3 is 5.97 Å². The van der Waals surface area contributed by atoms with Gasteiger partial charge in [0.1, 0.15) is 5.75 Å². The summed E-state index contributed by atoms with van der Waals surface area (Å²) in [6.45, 7) is 4.39. The van der Waals surface area contributed by atoms with Gasteiger partial charge in [0.2, 0.25) is 0 Å². The molecule has 0 saturated carbocycles. The number of benzene rings is 1. The predicted octanol–water partition coefficient (Wildman–Crippen LogP) is 4.01. The Morgan fingerprint density at radius 2 is 2.00 bits per heavy atom. The van der Waals surface area contributed by atoms with Gasteiger partial charge in [-0.25, -0.2) is 0 Å². The van der Waals surface area contributed by atoms with Crippen LogP contribution in [0.25, 0.3) is 0 Å². The van der Waals surface area contributed by atoms with Crippen LogP contribution >= 0.6 is 0 Å². The molecule has 0 saturated heterocycles. The molecule has 0 heterocycles. The Morgan fingerprint density at radius 3 is 2.53 bits per heavy atom.